The zero-order chi connectivity index (χ0) is 13.0. The number of hydrogen-bond acceptors (Lipinski definition) is 3. The third kappa shape index (κ3) is 3.64. The molecule has 0 N–H and O–H groups in total. The summed E-state index contributed by atoms with van der Waals surface area (Å²) in [6, 6.07) is 0. The highest BCUT2D eigenvalue weighted by Gasteiger charge is 2.25. The summed E-state index contributed by atoms with van der Waals surface area (Å²) in [5.74, 6) is 3.36. The third-order valence-corrected chi connectivity index (χ3v) is 5.08. The lowest BCUT2D eigenvalue weighted by atomic mass is 10.0. The van der Waals surface area contributed by atoms with Gasteiger partial charge >= 0.3 is 0 Å². The number of carbonyl (C=O) groups excluding carboxylic acids is 2. The Hall–Kier alpha value is -0.710. The Bertz CT molecular complexity index is 308. The highest BCUT2D eigenvalue weighted by molar-refractivity contribution is 7.99. The fraction of sp³-hybridized carbons (Fsp3) is 0.846. The first kappa shape index (κ1) is 13.7. The van der Waals surface area contributed by atoms with Crippen LogP contribution in [-0.2, 0) is 9.59 Å². The second kappa shape index (κ2) is 6.45. The molecule has 0 aromatic heterocycles. The van der Waals surface area contributed by atoms with E-state index in [9.17, 15) is 9.59 Å². The molecule has 2 saturated heterocycles. The van der Waals surface area contributed by atoms with Crippen molar-refractivity contribution in [1.29, 1.82) is 0 Å². The van der Waals surface area contributed by atoms with Gasteiger partial charge in [-0.3, -0.25) is 9.59 Å². The normalized spacial score (nSPS) is 25.1. The number of hydrogen-bond donors (Lipinski definition) is 0. The first-order valence-electron chi connectivity index (χ1n) is 6.78. The summed E-state index contributed by atoms with van der Waals surface area (Å²) in [4.78, 5) is 27.1. The Balaban J connectivity index is 1.75. The molecule has 0 aliphatic carbocycles. The van der Waals surface area contributed by atoms with Gasteiger partial charge < -0.3 is 9.80 Å². The zero-order valence-electron chi connectivity index (χ0n) is 11.1. The summed E-state index contributed by atoms with van der Waals surface area (Å²) in [6.45, 7) is 4.40. The fourth-order valence-corrected chi connectivity index (χ4v) is 3.77. The van der Waals surface area contributed by atoms with Crippen LogP contribution in [0.2, 0.25) is 0 Å². The van der Waals surface area contributed by atoms with Crippen molar-refractivity contribution in [3.8, 4) is 0 Å². The van der Waals surface area contributed by atoms with Crippen LogP contribution in [0.4, 0.5) is 0 Å². The van der Waals surface area contributed by atoms with E-state index >= 15 is 0 Å². The number of rotatable bonds is 2. The predicted molar refractivity (Wildman–Crippen MR) is 73.5 cm³/mol. The van der Waals surface area contributed by atoms with Crippen molar-refractivity contribution in [2.45, 2.75) is 26.2 Å². The minimum absolute atomic E-state index is 0.116. The monoisotopic (exact) mass is 270 g/mol. The largest absolute Gasteiger partial charge is 0.339 e. The molecule has 2 amide bonds. The van der Waals surface area contributed by atoms with Crippen molar-refractivity contribution in [3.63, 3.8) is 0 Å². The van der Waals surface area contributed by atoms with Gasteiger partial charge in [0.15, 0.2) is 0 Å². The van der Waals surface area contributed by atoms with Crippen LogP contribution < -0.4 is 0 Å². The van der Waals surface area contributed by atoms with Crippen LogP contribution in [-0.4, -0.2) is 59.3 Å². The maximum atomic E-state index is 12.2. The van der Waals surface area contributed by atoms with E-state index in [4.69, 9.17) is 0 Å². The van der Waals surface area contributed by atoms with E-state index in [2.05, 4.69) is 0 Å². The highest BCUT2D eigenvalue weighted by atomic mass is 32.2. The quantitative estimate of drug-likeness (QED) is 0.757. The molecule has 0 spiro atoms. The van der Waals surface area contributed by atoms with E-state index in [1.807, 2.05) is 21.6 Å². The Morgan fingerprint density at radius 2 is 1.83 bits per heavy atom. The van der Waals surface area contributed by atoms with Gasteiger partial charge in [-0.2, -0.15) is 11.8 Å². The van der Waals surface area contributed by atoms with Gasteiger partial charge in [0.1, 0.15) is 0 Å². The standard InChI is InChI=1S/C13H22N2O2S/c1-11(16)14-4-6-15(7-5-14)13(17)9-12-3-2-8-18-10-12/h12H,2-10H2,1H3. The van der Waals surface area contributed by atoms with Gasteiger partial charge in [-0.05, 0) is 30.3 Å². The van der Waals surface area contributed by atoms with Gasteiger partial charge in [0.05, 0.1) is 0 Å². The lowest BCUT2D eigenvalue weighted by Crippen LogP contribution is -2.50. The molecule has 2 rings (SSSR count). The number of nitrogens with zero attached hydrogens (tertiary/aromatic N) is 2. The van der Waals surface area contributed by atoms with E-state index in [-0.39, 0.29) is 11.8 Å². The van der Waals surface area contributed by atoms with Crippen molar-refractivity contribution in [3.05, 3.63) is 0 Å². The van der Waals surface area contributed by atoms with Crippen LogP contribution in [0.3, 0.4) is 0 Å². The minimum Gasteiger partial charge on any atom is -0.339 e. The number of carbonyl (C=O) groups is 2. The van der Waals surface area contributed by atoms with Gasteiger partial charge in [-0.1, -0.05) is 0 Å². The van der Waals surface area contributed by atoms with Crippen LogP contribution in [0, 0.1) is 5.92 Å². The predicted octanol–water partition coefficient (Wildman–Crippen LogP) is 1.21. The van der Waals surface area contributed by atoms with Crippen LogP contribution in [0.15, 0.2) is 0 Å². The van der Waals surface area contributed by atoms with E-state index in [1.165, 1.54) is 18.6 Å². The van der Waals surface area contributed by atoms with Crippen LogP contribution in [0.1, 0.15) is 26.2 Å². The Labute approximate surface area is 113 Å². The molecule has 4 nitrogen and oxygen atoms in total. The smallest absolute Gasteiger partial charge is 0.222 e. The lowest BCUT2D eigenvalue weighted by Gasteiger charge is -2.35. The van der Waals surface area contributed by atoms with Crippen molar-refractivity contribution < 1.29 is 9.59 Å². The summed E-state index contributed by atoms with van der Waals surface area (Å²) in [6.07, 6.45) is 3.15. The topological polar surface area (TPSA) is 40.6 Å². The number of piperazine rings is 1. The Kier molecular flexibility index (Phi) is 4.92. The second-order valence-electron chi connectivity index (χ2n) is 5.17. The molecule has 102 valence electrons. The summed E-state index contributed by atoms with van der Waals surface area (Å²) >= 11 is 1.97. The molecule has 0 saturated carbocycles. The second-order valence-corrected chi connectivity index (χ2v) is 6.32. The summed E-state index contributed by atoms with van der Waals surface area (Å²) < 4.78 is 0. The van der Waals surface area contributed by atoms with Gasteiger partial charge in [0, 0.05) is 39.5 Å². The molecular formula is C13H22N2O2S. The van der Waals surface area contributed by atoms with Gasteiger partial charge in [-0.25, -0.2) is 0 Å². The molecule has 0 bridgehead atoms. The number of amides is 2. The average molecular weight is 270 g/mol. The number of thioether (sulfide) groups is 1. The molecule has 1 atom stereocenters. The molecule has 5 heteroatoms. The van der Waals surface area contributed by atoms with E-state index in [1.54, 1.807) is 6.92 Å². The zero-order valence-corrected chi connectivity index (χ0v) is 11.9. The van der Waals surface area contributed by atoms with E-state index in [0.29, 0.717) is 38.5 Å². The van der Waals surface area contributed by atoms with E-state index in [0.717, 1.165) is 5.75 Å². The van der Waals surface area contributed by atoms with Crippen molar-refractivity contribution >= 4 is 23.6 Å². The Morgan fingerprint density at radius 1 is 1.17 bits per heavy atom. The van der Waals surface area contributed by atoms with Crippen molar-refractivity contribution in [2.75, 3.05) is 37.7 Å². The highest BCUT2D eigenvalue weighted by Crippen LogP contribution is 2.25. The molecule has 1 unspecified atom stereocenters. The van der Waals surface area contributed by atoms with Crippen molar-refractivity contribution in [1.82, 2.24) is 9.80 Å². The fourth-order valence-electron chi connectivity index (χ4n) is 2.62. The molecular weight excluding hydrogens is 248 g/mol. The third-order valence-electron chi connectivity index (χ3n) is 3.80. The van der Waals surface area contributed by atoms with Crippen LogP contribution >= 0.6 is 11.8 Å². The molecule has 2 aliphatic rings. The summed E-state index contributed by atoms with van der Waals surface area (Å²) in [7, 11) is 0. The van der Waals surface area contributed by atoms with Crippen LogP contribution in [0.5, 0.6) is 0 Å². The molecule has 2 heterocycles. The maximum absolute atomic E-state index is 12.2. The maximum Gasteiger partial charge on any atom is 0.222 e. The molecule has 0 aromatic rings. The molecule has 0 aromatic carbocycles. The Morgan fingerprint density at radius 3 is 2.39 bits per heavy atom. The van der Waals surface area contributed by atoms with Gasteiger partial charge in [0.25, 0.3) is 0 Å². The SMILES string of the molecule is CC(=O)N1CCN(C(=O)CC2CCCSC2)CC1. The van der Waals surface area contributed by atoms with Gasteiger partial charge in [0.2, 0.25) is 11.8 Å². The minimum atomic E-state index is 0.116. The van der Waals surface area contributed by atoms with Crippen molar-refractivity contribution in [2.24, 2.45) is 5.92 Å². The summed E-state index contributed by atoms with van der Waals surface area (Å²) in [5.41, 5.74) is 0. The first-order valence-corrected chi connectivity index (χ1v) is 7.93. The first-order chi connectivity index (χ1) is 8.66. The molecule has 2 aliphatic heterocycles. The van der Waals surface area contributed by atoms with Crippen LogP contribution in [0.25, 0.3) is 0 Å². The van der Waals surface area contributed by atoms with Gasteiger partial charge in [-0.15, -0.1) is 0 Å². The molecule has 0 radical (unpaired) electrons. The average Bonchev–Trinajstić information content (AvgIpc) is 2.40. The molecule has 18 heavy (non-hydrogen) atoms. The molecule has 2 fully saturated rings. The lowest BCUT2D eigenvalue weighted by molar-refractivity contribution is -0.139. The summed E-state index contributed by atoms with van der Waals surface area (Å²) in [5, 5.41) is 0. The van der Waals surface area contributed by atoms with E-state index < -0.39 is 0 Å².